The zero-order valence-corrected chi connectivity index (χ0v) is 16.2. The quantitative estimate of drug-likeness (QED) is 0.857. The lowest BCUT2D eigenvalue weighted by Crippen LogP contribution is -2.55. The Morgan fingerprint density at radius 1 is 1.19 bits per heavy atom. The van der Waals surface area contributed by atoms with Crippen LogP contribution in [0.1, 0.15) is 57.3 Å². The number of hydrogen-bond donors (Lipinski definition) is 1. The van der Waals surface area contributed by atoms with Crippen LogP contribution in [0.3, 0.4) is 0 Å². The molecule has 1 aromatic carbocycles. The fraction of sp³-hybridized carbons (Fsp3) is 0.600. The van der Waals surface area contributed by atoms with Gasteiger partial charge in [-0.15, -0.1) is 0 Å². The van der Waals surface area contributed by atoms with Crippen molar-refractivity contribution in [3.8, 4) is 0 Å². The lowest BCUT2D eigenvalue weighted by Gasteiger charge is -2.43. The van der Waals surface area contributed by atoms with Gasteiger partial charge in [0.05, 0.1) is 5.56 Å². The summed E-state index contributed by atoms with van der Waals surface area (Å²) in [6.07, 6.45) is 2.89. The molecule has 26 heavy (non-hydrogen) atoms. The van der Waals surface area contributed by atoms with Crippen LogP contribution in [0.2, 0.25) is 0 Å². The van der Waals surface area contributed by atoms with Gasteiger partial charge in [0.25, 0.3) is 0 Å². The van der Waals surface area contributed by atoms with E-state index in [1.807, 2.05) is 32.9 Å². The molecule has 0 unspecified atom stereocenters. The average molecular weight is 362 g/mol. The van der Waals surface area contributed by atoms with Crippen molar-refractivity contribution in [1.82, 2.24) is 4.90 Å². The molecule has 1 atom stereocenters. The summed E-state index contributed by atoms with van der Waals surface area (Å²) in [5.74, 6) is -0.922. The van der Waals surface area contributed by atoms with Gasteiger partial charge < -0.3 is 19.6 Å². The number of carbonyl (C=O) groups is 2. The van der Waals surface area contributed by atoms with Gasteiger partial charge in [-0.3, -0.25) is 0 Å². The minimum absolute atomic E-state index is 0.201. The second-order valence-electron chi connectivity index (χ2n) is 7.77. The number of carboxylic acids is 1. The monoisotopic (exact) mass is 362 g/mol. The number of unbranched alkanes of at least 4 members (excludes halogenated alkanes) is 1. The fourth-order valence-electron chi connectivity index (χ4n) is 3.17. The Balaban J connectivity index is 2.12. The Kier molecular flexibility index (Phi) is 6.51. The number of amides is 1. The molecular formula is C20H30N2O4. The van der Waals surface area contributed by atoms with Gasteiger partial charge >= 0.3 is 12.1 Å². The number of hydrogen-bond acceptors (Lipinski definition) is 4. The Bertz CT molecular complexity index is 622. The standard InChI is InChI=1S/C20H30N2O4/c1-5-6-7-17-14-21(19(25)26-20(2,3)4)12-13-22(17)16-10-8-15(9-11-16)18(23)24/h8-11,17H,5-7,12-14H2,1-4H3,(H,23,24)/t17-/m0/s1. The first-order valence-corrected chi connectivity index (χ1v) is 9.29. The van der Waals surface area contributed by atoms with Crippen molar-refractivity contribution >= 4 is 17.7 Å². The first kappa shape index (κ1) is 20.1. The maximum atomic E-state index is 12.4. The summed E-state index contributed by atoms with van der Waals surface area (Å²) < 4.78 is 5.52. The number of piperazine rings is 1. The van der Waals surface area contributed by atoms with E-state index in [-0.39, 0.29) is 17.7 Å². The average Bonchev–Trinajstić information content (AvgIpc) is 2.58. The van der Waals surface area contributed by atoms with E-state index in [1.165, 1.54) is 0 Å². The summed E-state index contributed by atoms with van der Waals surface area (Å²) in [5.41, 5.74) is 0.783. The molecule has 1 fully saturated rings. The van der Waals surface area contributed by atoms with Crippen LogP contribution in [0.25, 0.3) is 0 Å². The van der Waals surface area contributed by atoms with Crippen molar-refractivity contribution in [3.05, 3.63) is 29.8 Å². The highest BCUT2D eigenvalue weighted by Gasteiger charge is 2.31. The van der Waals surface area contributed by atoms with Crippen molar-refractivity contribution in [3.63, 3.8) is 0 Å². The van der Waals surface area contributed by atoms with Gasteiger partial charge in [-0.1, -0.05) is 19.8 Å². The highest BCUT2D eigenvalue weighted by atomic mass is 16.6. The molecule has 1 saturated heterocycles. The number of carbonyl (C=O) groups excluding carboxylic acids is 1. The van der Waals surface area contributed by atoms with E-state index in [2.05, 4.69) is 11.8 Å². The summed E-state index contributed by atoms with van der Waals surface area (Å²) in [5, 5.41) is 9.07. The van der Waals surface area contributed by atoms with Gasteiger partial charge in [0.2, 0.25) is 0 Å². The van der Waals surface area contributed by atoms with Gasteiger partial charge in [0, 0.05) is 31.4 Å². The van der Waals surface area contributed by atoms with Crippen LogP contribution < -0.4 is 4.90 Å². The van der Waals surface area contributed by atoms with E-state index in [4.69, 9.17) is 9.84 Å². The van der Waals surface area contributed by atoms with Gasteiger partial charge in [0.1, 0.15) is 5.60 Å². The normalized spacial score (nSPS) is 17.9. The molecule has 6 heteroatoms. The van der Waals surface area contributed by atoms with Crippen LogP contribution in [0, 0.1) is 0 Å². The number of ether oxygens (including phenoxy) is 1. The minimum atomic E-state index is -0.922. The summed E-state index contributed by atoms with van der Waals surface area (Å²) in [6.45, 7) is 9.70. The predicted octanol–water partition coefficient (Wildman–Crippen LogP) is 4.00. The molecule has 1 aromatic rings. The maximum absolute atomic E-state index is 12.4. The molecule has 2 rings (SSSR count). The van der Waals surface area contributed by atoms with Crippen LogP contribution in [0.15, 0.2) is 24.3 Å². The molecule has 1 heterocycles. The number of anilines is 1. The van der Waals surface area contributed by atoms with E-state index in [1.54, 1.807) is 17.0 Å². The van der Waals surface area contributed by atoms with Crippen LogP contribution in [0.5, 0.6) is 0 Å². The molecule has 1 amide bonds. The molecule has 1 aliphatic rings. The van der Waals surface area contributed by atoms with E-state index < -0.39 is 11.6 Å². The lowest BCUT2D eigenvalue weighted by molar-refractivity contribution is 0.0211. The first-order valence-electron chi connectivity index (χ1n) is 9.29. The highest BCUT2D eigenvalue weighted by molar-refractivity contribution is 5.88. The summed E-state index contributed by atoms with van der Waals surface area (Å²) >= 11 is 0. The van der Waals surface area contributed by atoms with Crippen molar-refractivity contribution in [2.24, 2.45) is 0 Å². The van der Waals surface area contributed by atoms with Crippen molar-refractivity contribution < 1.29 is 19.4 Å². The first-order chi connectivity index (χ1) is 12.2. The molecular weight excluding hydrogens is 332 g/mol. The molecule has 144 valence electrons. The molecule has 1 N–H and O–H groups in total. The third-order valence-corrected chi connectivity index (χ3v) is 4.47. The molecule has 0 saturated carbocycles. The van der Waals surface area contributed by atoms with E-state index >= 15 is 0 Å². The second kappa shape index (κ2) is 8.43. The van der Waals surface area contributed by atoms with E-state index in [9.17, 15) is 9.59 Å². The number of rotatable bonds is 5. The minimum Gasteiger partial charge on any atom is -0.478 e. The molecule has 0 radical (unpaired) electrons. The van der Waals surface area contributed by atoms with Crippen LogP contribution >= 0.6 is 0 Å². The Labute approximate surface area is 155 Å². The zero-order valence-electron chi connectivity index (χ0n) is 16.2. The fourth-order valence-corrected chi connectivity index (χ4v) is 3.17. The third-order valence-electron chi connectivity index (χ3n) is 4.47. The zero-order chi connectivity index (χ0) is 19.3. The third kappa shape index (κ3) is 5.38. The maximum Gasteiger partial charge on any atom is 0.410 e. The number of benzene rings is 1. The molecule has 6 nitrogen and oxygen atoms in total. The molecule has 1 aliphatic heterocycles. The smallest absolute Gasteiger partial charge is 0.410 e. The van der Waals surface area contributed by atoms with Crippen molar-refractivity contribution in [1.29, 1.82) is 0 Å². The SMILES string of the molecule is CCCC[C@H]1CN(C(=O)OC(C)(C)C)CCN1c1ccc(C(=O)O)cc1. The van der Waals surface area contributed by atoms with Crippen molar-refractivity contribution in [2.45, 2.75) is 58.6 Å². The van der Waals surface area contributed by atoms with E-state index in [0.29, 0.717) is 19.6 Å². The molecule has 0 bridgehead atoms. The Morgan fingerprint density at radius 3 is 2.38 bits per heavy atom. The lowest BCUT2D eigenvalue weighted by atomic mass is 10.0. The Morgan fingerprint density at radius 2 is 1.85 bits per heavy atom. The van der Waals surface area contributed by atoms with Gasteiger partial charge in [-0.2, -0.15) is 0 Å². The molecule has 0 aliphatic carbocycles. The number of nitrogens with zero attached hydrogens (tertiary/aromatic N) is 2. The van der Waals surface area contributed by atoms with Crippen LogP contribution in [-0.2, 0) is 4.74 Å². The molecule has 0 aromatic heterocycles. The number of carboxylic acid groups (broad SMARTS) is 1. The van der Waals surface area contributed by atoms with Crippen LogP contribution in [-0.4, -0.2) is 53.3 Å². The van der Waals surface area contributed by atoms with Gasteiger partial charge in [-0.25, -0.2) is 9.59 Å². The predicted molar refractivity (Wildman–Crippen MR) is 102 cm³/mol. The number of aromatic carboxylic acids is 1. The van der Waals surface area contributed by atoms with Crippen LogP contribution in [0.4, 0.5) is 10.5 Å². The Hall–Kier alpha value is -2.24. The summed E-state index contributed by atoms with van der Waals surface area (Å²) in [7, 11) is 0. The summed E-state index contributed by atoms with van der Waals surface area (Å²) in [6, 6.07) is 7.17. The van der Waals surface area contributed by atoms with Gasteiger partial charge in [0.15, 0.2) is 0 Å². The highest BCUT2D eigenvalue weighted by Crippen LogP contribution is 2.25. The van der Waals surface area contributed by atoms with E-state index in [0.717, 1.165) is 24.9 Å². The topological polar surface area (TPSA) is 70.1 Å². The largest absolute Gasteiger partial charge is 0.478 e. The van der Waals surface area contributed by atoms with Gasteiger partial charge in [-0.05, 0) is 51.5 Å². The summed E-state index contributed by atoms with van der Waals surface area (Å²) in [4.78, 5) is 27.5. The second-order valence-corrected chi connectivity index (χ2v) is 7.77. The molecule has 0 spiro atoms. The van der Waals surface area contributed by atoms with Crippen molar-refractivity contribution in [2.75, 3.05) is 24.5 Å².